The summed E-state index contributed by atoms with van der Waals surface area (Å²) < 4.78 is 4.74. The number of nitrogen functional groups attached to an aromatic ring is 1. The van der Waals surface area contributed by atoms with Gasteiger partial charge < -0.3 is 20.5 Å². The molecule has 1 heterocycles. The van der Waals surface area contributed by atoms with Crippen molar-refractivity contribution in [1.29, 1.82) is 0 Å². The van der Waals surface area contributed by atoms with Crippen LogP contribution < -0.4 is 10.6 Å². The maximum Gasteiger partial charge on any atom is 0.340 e. The van der Waals surface area contributed by atoms with Gasteiger partial charge in [-0.3, -0.25) is 0 Å². The molecule has 1 aromatic carbocycles. The maximum absolute atomic E-state index is 11.7. The number of methoxy groups -OCH3 is 1. The topological polar surface area (TPSA) is 75.8 Å². The highest BCUT2D eigenvalue weighted by Crippen LogP contribution is 2.31. The van der Waals surface area contributed by atoms with E-state index in [9.17, 15) is 9.90 Å². The predicted molar refractivity (Wildman–Crippen MR) is 74.4 cm³/mol. The fourth-order valence-electron chi connectivity index (χ4n) is 2.41. The van der Waals surface area contributed by atoms with Gasteiger partial charge >= 0.3 is 5.97 Å². The standard InChI is InChI=1S/C14H20N2O3/c1-9-6-10(16-5-4-14(2,18)8-16)7-11(12(9)15)13(17)19-3/h6-7,18H,4-5,8,15H2,1-3H3. The van der Waals surface area contributed by atoms with Crippen molar-refractivity contribution in [3.8, 4) is 0 Å². The number of β-amino-alcohol motifs (C(OH)–C–C–N with tert-alkyl or cyclic N) is 1. The zero-order valence-electron chi connectivity index (χ0n) is 11.6. The molecule has 3 N–H and O–H groups in total. The summed E-state index contributed by atoms with van der Waals surface area (Å²) in [6.07, 6.45) is 0.712. The second-order valence-electron chi connectivity index (χ2n) is 5.38. The van der Waals surface area contributed by atoms with Crippen molar-refractivity contribution in [2.45, 2.75) is 25.9 Å². The summed E-state index contributed by atoms with van der Waals surface area (Å²) in [5.41, 5.74) is 7.79. The number of carbonyl (C=O) groups is 1. The number of benzene rings is 1. The van der Waals surface area contributed by atoms with Crippen molar-refractivity contribution in [2.24, 2.45) is 0 Å². The van der Waals surface area contributed by atoms with Crippen LogP contribution in [0.3, 0.4) is 0 Å². The molecule has 5 nitrogen and oxygen atoms in total. The molecule has 0 radical (unpaired) electrons. The summed E-state index contributed by atoms with van der Waals surface area (Å²) in [5.74, 6) is -0.437. The molecule has 1 aliphatic rings. The van der Waals surface area contributed by atoms with Gasteiger partial charge in [-0.25, -0.2) is 4.79 Å². The smallest absolute Gasteiger partial charge is 0.340 e. The van der Waals surface area contributed by atoms with E-state index in [0.29, 0.717) is 24.2 Å². The molecular formula is C14H20N2O3. The van der Waals surface area contributed by atoms with Gasteiger partial charge in [-0.1, -0.05) is 0 Å². The van der Waals surface area contributed by atoms with Gasteiger partial charge in [0.25, 0.3) is 0 Å². The number of nitrogens with two attached hydrogens (primary N) is 1. The Labute approximate surface area is 113 Å². The molecule has 0 bridgehead atoms. The largest absolute Gasteiger partial charge is 0.465 e. The molecule has 1 unspecified atom stereocenters. The number of esters is 1. The van der Waals surface area contributed by atoms with Crippen molar-refractivity contribution >= 4 is 17.3 Å². The molecule has 1 atom stereocenters. The lowest BCUT2D eigenvalue weighted by Crippen LogP contribution is -2.29. The Morgan fingerprint density at radius 3 is 2.74 bits per heavy atom. The van der Waals surface area contributed by atoms with E-state index in [1.807, 2.05) is 19.9 Å². The maximum atomic E-state index is 11.7. The third kappa shape index (κ3) is 2.66. The minimum absolute atomic E-state index is 0.379. The lowest BCUT2D eigenvalue weighted by atomic mass is 10.1. The van der Waals surface area contributed by atoms with Crippen molar-refractivity contribution in [3.63, 3.8) is 0 Å². The molecule has 2 rings (SSSR count). The van der Waals surface area contributed by atoms with Crippen LogP contribution in [0.1, 0.15) is 29.3 Å². The summed E-state index contributed by atoms with van der Waals surface area (Å²) in [6.45, 7) is 4.99. The molecule has 1 fully saturated rings. The van der Waals surface area contributed by atoms with Gasteiger partial charge in [0.15, 0.2) is 0 Å². The van der Waals surface area contributed by atoms with E-state index in [1.165, 1.54) is 7.11 Å². The predicted octanol–water partition coefficient (Wildman–Crippen LogP) is 1.32. The van der Waals surface area contributed by atoms with E-state index in [1.54, 1.807) is 6.07 Å². The fraction of sp³-hybridized carbons (Fsp3) is 0.500. The van der Waals surface area contributed by atoms with Crippen molar-refractivity contribution < 1.29 is 14.6 Å². The number of aliphatic hydroxyl groups is 1. The van der Waals surface area contributed by atoms with Gasteiger partial charge in [0, 0.05) is 24.5 Å². The molecular weight excluding hydrogens is 244 g/mol. The van der Waals surface area contributed by atoms with E-state index < -0.39 is 11.6 Å². The Kier molecular flexibility index (Phi) is 3.41. The van der Waals surface area contributed by atoms with Gasteiger partial charge in [0.05, 0.1) is 18.3 Å². The van der Waals surface area contributed by atoms with Crippen molar-refractivity contribution in [3.05, 3.63) is 23.3 Å². The molecule has 0 amide bonds. The van der Waals surface area contributed by atoms with Crippen molar-refractivity contribution in [2.75, 3.05) is 30.8 Å². The highest BCUT2D eigenvalue weighted by atomic mass is 16.5. The number of aryl methyl sites for hydroxylation is 1. The monoisotopic (exact) mass is 264 g/mol. The van der Waals surface area contributed by atoms with Crippen LogP contribution in [0.2, 0.25) is 0 Å². The van der Waals surface area contributed by atoms with Gasteiger partial charge in [-0.15, -0.1) is 0 Å². The van der Waals surface area contributed by atoms with Crippen LogP contribution in [0.25, 0.3) is 0 Å². The first-order valence-corrected chi connectivity index (χ1v) is 6.30. The van der Waals surface area contributed by atoms with Gasteiger partial charge in [-0.05, 0) is 38.0 Å². The van der Waals surface area contributed by atoms with Crippen LogP contribution >= 0.6 is 0 Å². The normalized spacial score (nSPS) is 22.6. The summed E-state index contributed by atoms with van der Waals surface area (Å²) in [5, 5.41) is 10.0. The van der Waals surface area contributed by atoms with Gasteiger partial charge in [-0.2, -0.15) is 0 Å². The van der Waals surface area contributed by atoms with Crippen LogP contribution in [-0.2, 0) is 4.74 Å². The van der Waals surface area contributed by atoms with Crippen LogP contribution in [0.15, 0.2) is 12.1 Å². The van der Waals surface area contributed by atoms with Crippen molar-refractivity contribution in [1.82, 2.24) is 0 Å². The lowest BCUT2D eigenvalue weighted by Gasteiger charge is -2.22. The highest BCUT2D eigenvalue weighted by molar-refractivity contribution is 5.97. The third-order valence-electron chi connectivity index (χ3n) is 3.59. The summed E-state index contributed by atoms with van der Waals surface area (Å²) >= 11 is 0. The Morgan fingerprint density at radius 1 is 1.53 bits per heavy atom. The molecule has 1 aliphatic heterocycles. The quantitative estimate of drug-likeness (QED) is 0.622. The Bertz CT molecular complexity index is 512. The van der Waals surface area contributed by atoms with E-state index in [2.05, 4.69) is 4.90 Å². The van der Waals surface area contributed by atoms with E-state index in [0.717, 1.165) is 17.8 Å². The molecule has 0 aliphatic carbocycles. The summed E-state index contributed by atoms with van der Waals surface area (Å²) in [7, 11) is 1.34. The average molecular weight is 264 g/mol. The number of rotatable bonds is 2. The average Bonchev–Trinajstić information content (AvgIpc) is 2.72. The fourth-order valence-corrected chi connectivity index (χ4v) is 2.41. The number of hydrogen-bond donors (Lipinski definition) is 2. The Balaban J connectivity index is 2.38. The zero-order valence-corrected chi connectivity index (χ0v) is 11.6. The van der Waals surface area contributed by atoms with Crippen LogP contribution in [0.4, 0.5) is 11.4 Å². The number of nitrogens with zero attached hydrogens (tertiary/aromatic N) is 1. The second kappa shape index (κ2) is 4.74. The minimum Gasteiger partial charge on any atom is -0.465 e. The number of carbonyl (C=O) groups excluding carboxylic acids is 1. The highest BCUT2D eigenvalue weighted by Gasteiger charge is 2.32. The lowest BCUT2D eigenvalue weighted by molar-refractivity contribution is 0.0602. The molecule has 0 spiro atoms. The Morgan fingerprint density at radius 2 is 2.21 bits per heavy atom. The van der Waals surface area contributed by atoms with Crippen LogP contribution in [0.5, 0.6) is 0 Å². The number of anilines is 2. The van der Waals surface area contributed by atoms with Crippen LogP contribution in [0, 0.1) is 6.92 Å². The molecule has 5 heteroatoms. The molecule has 0 aromatic heterocycles. The molecule has 19 heavy (non-hydrogen) atoms. The first kappa shape index (κ1) is 13.7. The summed E-state index contributed by atoms with van der Waals surface area (Å²) in [6, 6.07) is 3.67. The van der Waals surface area contributed by atoms with Gasteiger partial charge in [0.2, 0.25) is 0 Å². The van der Waals surface area contributed by atoms with Gasteiger partial charge in [0.1, 0.15) is 0 Å². The van der Waals surface area contributed by atoms with E-state index in [-0.39, 0.29) is 0 Å². The van der Waals surface area contributed by atoms with E-state index in [4.69, 9.17) is 10.5 Å². The minimum atomic E-state index is -0.680. The molecule has 0 saturated carbocycles. The molecule has 104 valence electrons. The first-order valence-electron chi connectivity index (χ1n) is 6.30. The molecule has 1 aromatic rings. The molecule has 1 saturated heterocycles. The summed E-state index contributed by atoms with van der Waals surface area (Å²) in [4.78, 5) is 13.8. The Hall–Kier alpha value is -1.75. The van der Waals surface area contributed by atoms with E-state index >= 15 is 0 Å². The third-order valence-corrected chi connectivity index (χ3v) is 3.59. The SMILES string of the molecule is COC(=O)c1cc(N2CCC(C)(O)C2)cc(C)c1N. The zero-order chi connectivity index (χ0) is 14.2. The number of ether oxygens (including phenoxy) is 1. The second-order valence-corrected chi connectivity index (χ2v) is 5.38. The first-order chi connectivity index (χ1) is 8.84. The van der Waals surface area contributed by atoms with Crippen LogP contribution in [-0.4, -0.2) is 36.9 Å². The number of hydrogen-bond acceptors (Lipinski definition) is 5.